The van der Waals surface area contributed by atoms with Crippen LogP contribution in [0.15, 0.2) is 38.0 Å². The molecule has 0 aliphatic rings. The summed E-state index contributed by atoms with van der Waals surface area (Å²) in [5.74, 6) is -3.62. The van der Waals surface area contributed by atoms with Crippen molar-refractivity contribution in [2.75, 3.05) is 95.6 Å². The van der Waals surface area contributed by atoms with Crippen LogP contribution in [-0.2, 0) is 132 Å². The molecule has 0 saturated carbocycles. The van der Waals surface area contributed by atoms with Crippen LogP contribution in [0.5, 0.6) is 0 Å². The van der Waals surface area contributed by atoms with Crippen LogP contribution in [0.1, 0.15) is 125 Å². The van der Waals surface area contributed by atoms with Crippen molar-refractivity contribution in [2.24, 2.45) is 32.5 Å². The average Bonchev–Trinajstić information content (AvgIpc) is 1.60. The third kappa shape index (κ3) is 25.0. The van der Waals surface area contributed by atoms with Crippen molar-refractivity contribution in [3.05, 3.63) is 38.0 Å². The zero-order valence-electron chi connectivity index (χ0n) is 60.5. The SMILES string of the molecule is CC(C)(C)C(=O)OCOP(=O)(COCCn1cnc2c(NN(Nc3ncnc4c3ncn4CCOCP(=O)(OCOC(=O)C(C)(C)C)OCOC(=O)C(C)(C)C)c3ncnc4c3ncn4CCOCP(=O)(OCOC(=O)C(C)(C)C)OCOC(=O)C(C)(C)C)ncnc21)OCOC(=O)C(C)(C)C. The Kier molecular flexibility index (Phi) is 28.6. The summed E-state index contributed by atoms with van der Waals surface area (Å²) in [5, 5.41) is 1.31. The second-order valence-corrected chi connectivity index (χ2v) is 34.5. The van der Waals surface area contributed by atoms with Gasteiger partial charge in [-0.05, 0) is 125 Å². The van der Waals surface area contributed by atoms with E-state index in [0.29, 0.717) is 0 Å². The molecule has 0 aromatic carbocycles. The van der Waals surface area contributed by atoms with E-state index >= 15 is 0 Å². The minimum Gasteiger partial charge on any atom is -0.438 e. The van der Waals surface area contributed by atoms with Crippen molar-refractivity contribution in [1.82, 2.24) is 58.6 Å². The first-order chi connectivity index (χ1) is 47.4. The number of imidazole rings is 3. The number of carbonyl (C=O) groups is 6. The topological polar surface area (TPSA) is 450 Å². The second kappa shape index (κ2) is 35.1. The van der Waals surface area contributed by atoms with Crippen LogP contribution in [0.2, 0.25) is 0 Å². The number of hydrogen-bond acceptors (Lipinski definition) is 36. The number of hydrogen-bond donors (Lipinski definition) is 2. The molecule has 566 valence electrons. The minimum absolute atomic E-state index is 0.0296. The Morgan fingerprint density at radius 1 is 0.353 bits per heavy atom. The maximum absolute atomic E-state index is 14.0. The fraction of sp³-hybridized carbons (Fsp3) is 0.650. The molecule has 6 heterocycles. The van der Waals surface area contributed by atoms with Crippen LogP contribution in [0.3, 0.4) is 0 Å². The predicted octanol–water partition coefficient (Wildman–Crippen LogP) is 8.85. The van der Waals surface area contributed by atoms with Gasteiger partial charge in [-0.25, -0.2) is 44.9 Å². The van der Waals surface area contributed by atoms with Crippen LogP contribution in [0.4, 0.5) is 17.5 Å². The lowest BCUT2D eigenvalue weighted by molar-refractivity contribution is -0.164. The van der Waals surface area contributed by atoms with Gasteiger partial charge in [-0.1, -0.05) is 0 Å². The Labute approximate surface area is 588 Å². The highest BCUT2D eigenvalue weighted by molar-refractivity contribution is 7.54. The lowest BCUT2D eigenvalue weighted by Gasteiger charge is -2.25. The monoisotopic (exact) mass is 1500 g/mol. The lowest BCUT2D eigenvalue weighted by atomic mass is 9.98. The van der Waals surface area contributed by atoms with E-state index in [1.807, 2.05) is 0 Å². The number of nitrogens with one attached hydrogen (secondary N) is 2. The highest BCUT2D eigenvalue weighted by Gasteiger charge is 2.35. The molecule has 102 heavy (non-hydrogen) atoms. The third-order valence-electron chi connectivity index (χ3n) is 13.3. The van der Waals surface area contributed by atoms with E-state index in [0.717, 1.165) is 0 Å². The summed E-state index contributed by atoms with van der Waals surface area (Å²) in [7, 11) is -12.8. The standard InChI is InChI=1S/C60H92N15O24P3/c1-55(2,3)49(76)88-31-94-100(82,95-32-89-50(77)56(4,5)6)37-85-22-19-72-28-67-40-43(61-25-63-45(40)72)70-75(48-42-47(65-27-66-48)74(30-69-42)21-24-87-39-102(84,98-35-92-53(80)59(13,14)15)99-36-93-54(81)60(16,17)18)71-44-41-46(64-26-62-44)73(29-68-41)20-23-86-38-101(83,96-33-90-51(78)57(7,8)9)97-34-91-52(79)58(10,11)12/h25-30H,19-24,31-39H2,1-18H3,(H,61,63,70)(H,62,64,71). The molecule has 0 saturated heterocycles. The number of esters is 6. The van der Waals surface area contributed by atoms with Gasteiger partial charge in [0.2, 0.25) is 46.6 Å². The number of anilines is 3. The highest BCUT2D eigenvalue weighted by atomic mass is 31.2. The molecule has 6 rings (SSSR count). The Morgan fingerprint density at radius 3 is 0.843 bits per heavy atom. The molecule has 0 fully saturated rings. The summed E-state index contributed by atoms with van der Waals surface area (Å²) < 4.78 is 127. The van der Waals surface area contributed by atoms with Gasteiger partial charge < -0.3 is 56.3 Å². The van der Waals surface area contributed by atoms with Gasteiger partial charge in [-0.15, -0.1) is 0 Å². The predicted molar refractivity (Wildman–Crippen MR) is 360 cm³/mol. The number of ether oxygens (including phenoxy) is 9. The largest absolute Gasteiger partial charge is 0.438 e. The molecule has 2 N–H and O–H groups in total. The molecule has 42 heteroatoms. The number of hydrazine groups is 2. The summed E-state index contributed by atoms with van der Waals surface area (Å²) in [4.78, 5) is 116. The van der Waals surface area contributed by atoms with Crippen LogP contribution in [0.25, 0.3) is 33.5 Å². The van der Waals surface area contributed by atoms with E-state index in [2.05, 4.69) is 55.7 Å². The van der Waals surface area contributed by atoms with Gasteiger partial charge in [0, 0.05) is 19.6 Å². The third-order valence-corrected chi connectivity index (χ3v) is 17.8. The molecular formula is C60H92N15O24P3. The highest BCUT2D eigenvalue weighted by Crippen LogP contribution is 2.50. The molecule has 6 aromatic heterocycles. The van der Waals surface area contributed by atoms with E-state index in [9.17, 15) is 42.5 Å². The van der Waals surface area contributed by atoms with Gasteiger partial charge in [-0.3, -0.25) is 80.5 Å². The van der Waals surface area contributed by atoms with Crippen molar-refractivity contribution in [1.29, 1.82) is 0 Å². The van der Waals surface area contributed by atoms with Crippen molar-refractivity contribution in [3.63, 3.8) is 0 Å². The van der Waals surface area contributed by atoms with E-state index in [-0.39, 0.29) is 90.4 Å². The van der Waals surface area contributed by atoms with Gasteiger partial charge in [0.1, 0.15) is 38.0 Å². The molecule has 39 nitrogen and oxygen atoms in total. The molecule has 0 aliphatic heterocycles. The smallest absolute Gasteiger partial charge is 0.361 e. The zero-order chi connectivity index (χ0) is 75.7. The van der Waals surface area contributed by atoms with Gasteiger partial charge >= 0.3 is 58.6 Å². The van der Waals surface area contributed by atoms with Crippen LogP contribution in [-0.4, -0.2) is 174 Å². The fourth-order valence-electron chi connectivity index (χ4n) is 7.41. The van der Waals surface area contributed by atoms with Gasteiger partial charge in [0.15, 0.2) is 45.1 Å². The van der Waals surface area contributed by atoms with E-state index in [1.165, 1.54) is 43.1 Å². The number of aromatic nitrogens is 12. The van der Waals surface area contributed by atoms with Crippen LogP contribution in [0, 0.1) is 32.5 Å². The molecule has 0 bridgehead atoms. The van der Waals surface area contributed by atoms with E-state index in [4.69, 9.17) is 69.8 Å². The Morgan fingerprint density at radius 2 is 0.588 bits per heavy atom. The first-order valence-corrected chi connectivity index (χ1v) is 36.8. The molecular weight excluding hydrogens is 1410 g/mol. The summed E-state index contributed by atoms with van der Waals surface area (Å²) >= 11 is 0. The first-order valence-electron chi connectivity index (χ1n) is 31.6. The summed E-state index contributed by atoms with van der Waals surface area (Å²) in [5.41, 5.74) is 2.33. The van der Waals surface area contributed by atoms with Gasteiger partial charge in [-0.2, -0.15) is 5.12 Å². The summed E-state index contributed by atoms with van der Waals surface area (Å²) in [6.45, 7) is 24.4. The Hall–Kier alpha value is -7.80. The fourth-order valence-corrected chi connectivity index (χ4v) is 10.4. The number of rotatable bonds is 38. The maximum Gasteiger partial charge on any atom is 0.361 e. The molecule has 6 aromatic rings. The van der Waals surface area contributed by atoms with Gasteiger partial charge in [0.25, 0.3) is 0 Å². The quantitative estimate of drug-likeness (QED) is 0.00912. The number of fused-ring (bicyclic) bond motifs is 3. The van der Waals surface area contributed by atoms with Crippen molar-refractivity contribution in [2.45, 2.75) is 144 Å². The van der Waals surface area contributed by atoms with Crippen molar-refractivity contribution < 1.29 is 112 Å². The maximum atomic E-state index is 14.0. The average molecular weight is 1500 g/mol. The second-order valence-electron chi connectivity index (χ2n) is 28.5. The van der Waals surface area contributed by atoms with Crippen molar-refractivity contribution in [3.8, 4) is 0 Å². The molecule has 0 aliphatic carbocycles. The first kappa shape index (κ1) is 83.1. The lowest BCUT2D eigenvalue weighted by Crippen LogP contribution is -2.37. The Balaban J connectivity index is 1.26. The Bertz CT molecular complexity index is 3740. The summed E-state index contributed by atoms with van der Waals surface area (Å²) in [6.07, 6.45) is 6.09. The number of carbonyl (C=O) groups excluding carboxylic acids is 6. The molecule has 0 spiro atoms. The molecule has 0 radical (unpaired) electrons. The normalized spacial score (nSPS) is 12.9. The number of nitrogens with zero attached hydrogens (tertiary/aromatic N) is 13. The zero-order valence-corrected chi connectivity index (χ0v) is 63.2. The van der Waals surface area contributed by atoms with Crippen molar-refractivity contribution >= 4 is 110 Å². The molecule has 0 atom stereocenters. The van der Waals surface area contributed by atoms with Crippen LogP contribution < -0.4 is 16.0 Å². The summed E-state index contributed by atoms with van der Waals surface area (Å²) in [6, 6.07) is 0. The molecule has 0 unspecified atom stereocenters. The van der Waals surface area contributed by atoms with E-state index < -0.39 is 151 Å². The van der Waals surface area contributed by atoms with Gasteiger partial charge in [0.05, 0.1) is 71.3 Å². The molecule has 0 amide bonds. The van der Waals surface area contributed by atoms with Crippen LogP contribution >= 0.6 is 22.8 Å². The van der Waals surface area contributed by atoms with E-state index in [1.54, 1.807) is 138 Å². The minimum atomic E-state index is -4.27.